The van der Waals surface area contributed by atoms with Gasteiger partial charge in [0.1, 0.15) is 32.8 Å². The molecule has 22 heteroatoms. The van der Waals surface area contributed by atoms with Crippen LogP contribution in [-0.4, -0.2) is 67.7 Å². The van der Waals surface area contributed by atoms with Crippen LogP contribution in [0.1, 0.15) is 48.8 Å². The Balaban J connectivity index is 1.36. The Morgan fingerprint density at radius 1 is 0.526 bits per heavy atom. The Bertz CT molecular complexity index is 1870. The number of quaternary nitrogens is 2. The zero-order chi connectivity index (χ0) is 42.6. The number of likely N-dealkylation sites (N-methyl/N-ethyl adjacent to an activating group) is 1. The van der Waals surface area contributed by atoms with E-state index in [0.29, 0.717) is 25.9 Å². The molecule has 0 spiro atoms. The summed E-state index contributed by atoms with van der Waals surface area (Å²) in [5.41, 5.74) is -4.09. The largest absolute Gasteiger partial charge is 0.511 e. The zero-order valence-electron chi connectivity index (χ0n) is 29.5. The number of esters is 1. The molecule has 57 heavy (non-hydrogen) atoms. The van der Waals surface area contributed by atoms with Crippen molar-refractivity contribution >= 4 is 12.1 Å². The summed E-state index contributed by atoms with van der Waals surface area (Å²) in [5.74, 6) is -35.6. The predicted molar refractivity (Wildman–Crippen MR) is 162 cm³/mol. The summed E-state index contributed by atoms with van der Waals surface area (Å²) in [5, 5.41) is 0. The first-order valence-electron chi connectivity index (χ1n) is 16.8. The van der Waals surface area contributed by atoms with Crippen LogP contribution in [0.25, 0.3) is 0 Å². The van der Waals surface area contributed by atoms with Crippen molar-refractivity contribution in [3.05, 3.63) is 104 Å². The lowest BCUT2D eigenvalue weighted by Crippen LogP contribution is -2.51. The fourth-order valence-corrected chi connectivity index (χ4v) is 6.49. The molecule has 1 saturated heterocycles. The highest BCUT2D eigenvalue weighted by molar-refractivity contribution is 5.69. The molecule has 1 heterocycles. The molecule has 0 unspecified atom stereocenters. The van der Waals surface area contributed by atoms with Crippen LogP contribution in [0.2, 0.25) is 0 Å². The minimum absolute atomic E-state index is 0.0126. The molecule has 314 valence electrons. The topological polar surface area (TPSA) is 61.8 Å². The Kier molecular flexibility index (Phi) is 14.4. The van der Waals surface area contributed by atoms with Crippen molar-refractivity contribution in [2.24, 2.45) is 0 Å². The highest BCUT2D eigenvalue weighted by atomic mass is 19.2. The molecule has 1 fully saturated rings. The van der Waals surface area contributed by atoms with Gasteiger partial charge in [0, 0.05) is 6.42 Å². The third-order valence-corrected chi connectivity index (χ3v) is 9.50. The van der Waals surface area contributed by atoms with Crippen molar-refractivity contribution in [3.8, 4) is 0 Å². The molecule has 0 amide bonds. The second-order valence-electron chi connectivity index (χ2n) is 13.5. The second kappa shape index (κ2) is 18.2. The predicted octanol–water partition coefficient (Wildman–Crippen LogP) is 8.55. The number of nitrogens with zero attached hydrogens (tertiary/aromatic N) is 2. The van der Waals surface area contributed by atoms with Crippen LogP contribution < -0.4 is 0 Å². The van der Waals surface area contributed by atoms with Crippen LogP contribution >= 0.6 is 0 Å². The normalized spacial score (nSPS) is 14.2. The quantitative estimate of drug-likeness (QED) is 0.0384. The number of rotatable bonds is 15. The summed E-state index contributed by atoms with van der Waals surface area (Å²) in [7, 11) is 0.839. The Labute approximate surface area is 313 Å². The molecule has 7 nitrogen and oxygen atoms in total. The first kappa shape index (κ1) is 45.0. The van der Waals surface area contributed by atoms with Crippen molar-refractivity contribution in [1.29, 1.82) is 0 Å². The van der Waals surface area contributed by atoms with Gasteiger partial charge in [0.15, 0.2) is 69.8 Å². The molecule has 0 aliphatic carbocycles. The van der Waals surface area contributed by atoms with Gasteiger partial charge in [-0.25, -0.2) is 70.7 Å². The molecule has 0 atom stereocenters. The van der Waals surface area contributed by atoms with E-state index in [2.05, 4.69) is 4.74 Å². The van der Waals surface area contributed by atoms with Gasteiger partial charge >= 0.3 is 12.1 Å². The maximum absolute atomic E-state index is 14.6. The molecule has 0 N–H and O–H groups in total. The maximum Gasteiger partial charge on any atom is 0.511 e. The highest BCUT2D eigenvalue weighted by Gasteiger charge is 2.38. The lowest BCUT2D eigenvalue weighted by atomic mass is 10.0. The van der Waals surface area contributed by atoms with E-state index in [1.165, 1.54) is 0 Å². The van der Waals surface area contributed by atoms with E-state index in [1.807, 2.05) is 0 Å². The number of likely N-dealkylation sites (tertiary alicyclic amines) is 1. The molecule has 0 aromatic heterocycles. The number of hydrogen-bond acceptors (Lipinski definition) is 5. The van der Waals surface area contributed by atoms with Crippen LogP contribution in [0.5, 0.6) is 0 Å². The monoisotopic (exact) mass is 844 g/mol. The van der Waals surface area contributed by atoms with Gasteiger partial charge in [-0.15, -0.1) is 0 Å². The molecule has 0 saturated carbocycles. The van der Waals surface area contributed by atoms with Gasteiger partial charge in [-0.05, 0) is 19.3 Å². The molecule has 1 aliphatic rings. The highest BCUT2D eigenvalue weighted by Crippen LogP contribution is 2.32. The van der Waals surface area contributed by atoms with Gasteiger partial charge in [0.05, 0.1) is 49.8 Å². The number of carbonyl (C=O) groups excluding carboxylic acids is 2. The van der Waals surface area contributed by atoms with E-state index < -0.39 is 160 Å². The van der Waals surface area contributed by atoms with Crippen LogP contribution in [0.3, 0.4) is 0 Å². The van der Waals surface area contributed by atoms with E-state index in [4.69, 9.17) is 9.47 Å². The fourth-order valence-electron chi connectivity index (χ4n) is 6.49. The van der Waals surface area contributed by atoms with Gasteiger partial charge < -0.3 is 23.2 Å². The number of benzene rings is 3. The number of piperidine rings is 1. The molecule has 3 aromatic rings. The lowest BCUT2D eigenvalue weighted by molar-refractivity contribution is -0.945. The van der Waals surface area contributed by atoms with Gasteiger partial charge in [-0.3, -0.25) is 4.79 Å². The van der Waals surface area contributed by atoms with Gasteiger partial charge in [-0.1, -0.05) is 0 Å². The van der Waals surface area contributed by atoms with E-state index in [1.54, 1.807) is 0 Å². The first-order chi connectivity index (χ1) is 26.6. The van der Waals surface area contributed by atoms with Crippen molar-refractivity contribution in [3.63, 3.8) is 0 Å². The third-order valence-electron chi connectivity index (χ3n) is 9.50. The van der Waals surface area contributed by atoms with Crippen LogP contribution in [0.4, 0.5) is 70.7 Å². The molecule has 3 aromatic carbocycles. The van der Waals surface area contributed by atoms with Crippen molar-refractivity contribution in [2.45, 2.75) is 51.7 Å². The van der Waals surface area contributed by atoms with Crippen LogP contribution in [-0.2, 0) is 38.6 Å². The first-order valence-corrected chi connectivity index (χ1v) is 16.8. The molecular formula is C35H31F15N2O5+2. The Hall–Kier alpha value is -4.73. The van der Waals surface area contributed by atoms with Gasteiger partial charge in [-0.2, -0.15) is 0 Å². The fraction of sp³-hybridized carbons (Fsp3) is 0.429. The number of ether oxygens (including phenoxy) is 3. The van der Waals surface area contributed by atoms with E-state index in [-0.39, 0.29) is 23.9 Å². The minimum Gasteiger partial charge on any atom is -0.428 e. The molecule has 4 rings (SSSR count). The standard InChI is InChI=1S/C35H31F15N2O5/c1-51(12-16-20(36)26(42)32(48)27(43)21(16)37,13-17-22(38)28(44)33(49)29(45)23(17)39)10-11-55-35(54)57-15-56-19(53)6-5-9-52(7-3-2-4-8-52)14-18-24(40)30(46)34(50)31(47)25(18)41/h2-15H2,1H3/q+2. The number of halogens is 15. The molecule has 0 bridgehead atoms. The molecule has 1 aliphatic heterocycles. The average Bonchev–Trinajstić information content (AvgIpc) is 3.18. The van der Waals surface area contributed by atoms with Gasteiger partial charge in [0.25, 0.3) is 0 Å². The SMILES string of the molecule is C[N+](CCOC(=O)OCOC(=O)CCC[N+]1(Cc2c(F)c(F)c(F)c(F)c2F)CCCCC1)(Cc1c(F)c(F)c(F)c(F)c1F)Cc1c(F)c(F)c(F)c(F)c1F. The number of carbonyl (C=O) groups is 2. The van der Waals surface area contributed by atoms with E-state index in [9.17, 15) is 75.4 Å². The maximum atomic E-state index is 14.6. The summed E-state index contributed by atoms with van der Waals surface area (Å²) >= 11 is 0. The smallest absolute Gasteiger partial charge is 0.428 e. The molecule has 0 radical (unpaired) electrons. The minimum atomic E-state index is -2.55. The van der Waals surface area contributed by atoms with Crippen LogP contribution in [0, 0.1) is 87.3 Å². The summed E-state index contributed by atoms with van der Waals surface area (Å²) in [4.78, 5) is 24.5. The Morgan fingerprint density at radius 2 is 0.912 bits per heavy atom. The van der Waals surface area contributed by atoms with Crippen molar-refractivity contribution in [1.82, 2.24) is 0 Å². The lowest BCUT2D eigenvalue weighted by Gasteiger charge is -2.42. The van der Waals surface area contributed by atoms with Crippen molar-refractivity contribution in [2.75, 3.05) is 46.6 Å². The third kappa shape index (κ3) is 9.87. The number of hydrogen-bond donors (Lipinski definition) is 0. The average molecular weight is 845 g/mol. The van der Waals surface area contributed by atoms with Gasteiger partial charge in [0.2, 0.25) is 24.2 Å². The molecular weight excluding hydrogens is 813 g/mol. The van der Waals surface area contributed by atoms with Crippen LogP contribution in [0.15, 0.2) is 0 Å². The summed E-state index contributed by atoms with van der Waals surface area (Å²) in [6.45, 7) is -5.50. The Morgan fingerprint density at radius 3 is 1.33 bits per heavy atom. The van der Waals surface area contributed by atoms with E-state index >= 15 is 0 Å². The second-order valence-corrected chi connectivity index (χ2v) is 13.5. The summed E-state index contributed by atoms with van der Waals surface area (Å²) in [6.07, 6.45) is -0.143. The summed E-state index contributed by atoms with van der Waals surface area (Å²) < 4.78 is 224. The zero-order valence-corrected chi connectivity index (χ0v) is 29.5. The summed E-state index contributed by atoms with van der Waals surface area (Å²) in [6, 6.07) is 0. The van der Waals surface area contributed by atoms with Crippen molar-refractivity contribution < 1.29 is 98.6 Å². The van der Waals surface area contributed by atoms with E-state index in [0.717, 1.165) is 13.5 Å².